The third kappa shape index (κ3) is 1.95. The quantitative estimate of drug-likeness (QED) is 0.665. The number of aryl methyl sites for hydroxylation is 1. The summed E-state index contributed by atoms with van der Waals surface area (Å²) < 4.78 is 1.50. The van der Waals surface area contributed by atoms with E-state index in [2.05, 4.69) is 15.1 Å². The van der Waals surface area contributed by atoms with Crippen molar-refractivity contribution in [1.82, 2.24) is 19.6 Å². The van der Waals surface area contributed by atoms with Gasteiger partial charge >= 0.3 is 0 Å². The van der Waals surface area contributed by atoms with E-state index in [1.165, 1.54) is 4.52 Å². The lowest BCUT2D eigenvalue weighted by Crippen LogP contribution is -2.25. The highest BCUT2D eigenvalue weighted by Gasteiger charge is 2.09. The fraction of sp³-hybridized carbons (Fsp3) is 0.167. The van der Waals surface area contributed by atoms with Gasteiger partial charge in [0.1, 0.15) is 5.69 Å². The van der Waals surface area contributed by atoms with Crippen LogP contribution in [0, 0.1) is 0 Å². The number of aromatic amines is 1. The fourth-order valence-electron chi connectivity index (χ4n) is 1.92. The van der Waals surface area contributed by atoms with E-state index in [-0.39, 0.29) is 18.5 Å². The van der Waals surface area contributed by atoms with Gasteiger partial charge in [0.2, 0.25) is 5.78 Å². The van der Waals surface area contributed by atoms with E-state index in [0.717, 1.165) is 5.52 Å². The molecule has 3 rings (SSSR count). The minimum Gasteiger partial charge on any atom is -0.550 e. The Hall–Kier alpha value is -2.70. The zero-order valence-corrected chi connectivity index (χ0v) is 9.79. The third-order valence-electron chi connectivity index (χ3n) is 2.81. The van der Waals surface area contributed by atoms with Crippen molar-refractivity contribution < 1.29 is 9.90 Å². The maximum atomic E-state index is 11.7. The van der Waals surface area contributed by atoms with Crippen molar-refractivity contribution in [3.63, 3.8) is 0 Å². The van der Waals surface area contributed by atoms with Crippen LogP contribution in [0.2, 0.25) is 0 Å². The van der Waals surface area contributed by atoms with Crippen molar-refractivity contribution in [3.05, 3.63) is 40.3 Å². The van der Waals surface area contributed by atoms with E-state index in [0.29, 0.717) is 11.3 Å². The molecule has 1 N–H and O–H groups in total. The lowest BCUT2D eigenvalue weighted by molar-refractivity contribution is -0.305. The molecule has 7 heteroatoms. The van der Waals surface area contributed by atoms with Crippen LogP contribution in [0.25, 0.3) is 16.8 Å². The van der Waals surface area contributed by atoms with E-state index < -0.39 is 11.5 Å². The summed E-state index contributed by atoms with van der Waals surface area (Å²) in [5.41, 5.74) is 1.19. The van der Waals surface area contributed by atoms with Gasteiger partial charge < -0.3 is 9.90 Å². The van der Waals surface area contributed by atoms with Crippen molar-refractivity contribution in [2.45, 2.75) is 12.8 Å². The Bertz CT molecular complexity index is 834. The van der Waals surface area contributed by atoms with Crippen LogP contribution in [0.15, 0.2) is 29.1 Å². The van der Waals surface area contributed by atoms with E-state index in [9.17, 15) is 14.7 Å². The van der Waals surface area contributed by atoms with Crippen molar-refractivity contribution in [2.24, 2.45) is 0 Å². The number of fused-ring (bicyclic) bond motifs is 3. The fourth-order valence-corrected chi connectivity index (χ4v) is 1.92. The number of hydrogen-bond acceptors (Lipinski definition) is 5. The molecule has 0 atom stereocenters. The zero-order chi connectivity index (χ0) is 13.4. The van der Waals surface area contributed by atoms with Gasteiger partial charge in [-0.15, -0.1) is 0 Å². The number of carboxylic acid groups (broad SMARTS) is 1. The molecule has 7 nitrogen and oxygen atoms in total. The molecule has 19 heavy (non-hydrogen) atoms. The highest BCUT2D eigenvalue weighted by Crippen LogP contribution is 2.12. The SMILES string of the molecule is O=C([O-])CCc1nn2c(nc3ccccc32)[nH]c1=O. The van der Waals surface area contributed by atoms with Crippen molar-refractivity contribution >= 4 is 22.8 Å². The minimum absolute atomic E-state index is 0.0279. The molecule has 0 aliphatic carbocycles. The molecule has 2 aromatic heterocycles. The second-order valence-corrected chi connectivity index (χ2v) is 4.11. The average molecular weight is 257 g/mol. The van der Waals surface area contributed by atoms with Crippen LogP contribution in [-0.4, -0.2) is 25.6 Å². The number of carboxylic acids is 1. The topological polar surface area (TPSA) is 103 Å². The molecule has 0 saturated heterocycles. The molecule has 3 aromatic rings. The maximum absolute atomic E-state index is 11.7. The van der Waals surface area contributed by atoms with Crippen LogP contribution in [0.5, 0.6) is 0 Å². The number of para-hydroxylation sites is 2. The number of aromatic nitrogens is 4. The molecule has 0 bridgehead atoms. The second kappa shape index (κ2) is 4.20. The van der Waals surface area contributed by atoms with E-state index >= 15 is 0 Å². The Kier molecular flexibility index (Phi) is 2.52. The molecule has 0 fully saturated rings. The second-order valence-electron chi connectivity index (χ2n) is 4.11. The molecular formula is C12H9N4O3-. The Labute approximate surface area is 106 Å². The van der Waals surface area contributed by atoms with Gasteiger partial charge in [-0.05, 0) is 18.6 Å². The monoisotopic (exact) mass is 257 g/mol. The minimum atomic E-state index is -1.21. The van der Waals surface area contributed by atoms with Gasteiger partial charge in [0, 0.05) is 12.4 Å². The lowest BCUT2D eigenvalue weighted by atomic mass is 10.2. The molecule has 0 aliphatic heterocycles. The first-order valence-electron chi connectivity index (χ1n) is 5.71. The lowest BCUT2D eigenvalue weighted by Gasteiger charge is -2.02. The van der Waals surface area contributed by atoms with Crippen LogP contribution in [0.4, 0.5) is 0 Å². The molecule has 0 spiro atoms. The van der Waals surface area contributed by atoms with Crippen LogP contribution in [-0.2, 0) is 11.2 Å². The summed E-state index contributed by atoms with van der Waals surface area (Å²) in [6.45, 7) is 0. The van der Waals surface area contributed by atoms with Gasteiger partial charge in [0.15, 0.2) is 0 Å². The largest absolute Gasteiger partial charge is 0.550 e. The van der Waals surface area contributed by atoms with E-state index in [1.54, 1.807) is 0 Å². The summed E-state index contributed by atoms with van der Waals surface area (Å²) in [6.07, 6.45) is -0.214. The molecule has 96 valence electrons. The highest BCUT2D eigenvalue weighted by atomic mass is 16.4. The van der Waals surface area contributed by atoms with Gasteiger partial charge in [0.25, 0.3) is 5.56 Å². The zero-order valence-electron chi connectivity index (χ0n) is 9.79. The van der Waals surface area contributed by atoms with Gasteiger partial charge in [0.05, 0.1) is 11.0 Å². The standard InChI is InChI=1S/C12H10N4O3/c17-10(18)6-5-8-11(19)14-12-13-7-3-1-2-4-9(7)16(12)15-8/h1-4H,5-6H2,(H,17,18)(H,13,14,19)/p-1. The number of nitrogens with one attached hydrogen (secondary N) is 1. The van der Waals surface area contributed by atoms with Gasteiger partial charge in [-0.1, -0.05) is 12.1 Å². The molecule has 0 unspecified atom stereocenters. The first-order chi connectivity index (χ1) is 9.15. The molecule has 2 heterocycles. The van der Waals surface area contributed by atoms with Crippen LogP contribution in [0.3, 0.4) is 0 Å². The predicted octanol–water partition coefficient (Wildman–Crippen LogP) is -0.747. The van der Waals surface area contributed by atoms with Crippen molar-refractivity contribution in [1.29, 1.82) is 0 Å². The van der Waals surface area contributed by atoms with Gasteiger partial charge in [-0.2, -0.15) is 9.61 Å². The van der Waals surface area contributed by atoms with E-state index in [4.69, 9.17) is 0 Å². The summed E-state index contributed by atoms with van der Waals surface area (Å²) in [5, 5.41) is 14.6. The molecule has 0 saturated carbocycles. The number of benzene rings is 1. The van der Waals surface area contributed by atoms with Crippen molar-refractivity contribution in [3.8, 4) is 0 Å². The number of aliphatic carboxylic acids is 1. The maximum Gasteiger partial charge on any atom is 0.274 e. The number of carbonyl (C=O) groups is 1. The number of carbonyl (C=O) groups excluding carboxylic acids is 1. The number of H-pyrrole nitrogens is 1. The Morgan fingerprint density at radius 2 is 2.16 bits per heavy atom. The van der Waals surface area contributed by atoms with Crippen LogP contribution >= 0.6 is 0 Å². The van der Waals surface area contributed by atoms with Crippen LogP contribution < -0.4 is 10.7 Å². The average Bonchev–Trinajstić information content (AvgIpc) is 2.73. The van der Waals surface area contributed by atoms with Crippen LogP contribution in [0.1, 0.15) is 12.1 Å². The van der Waals surface area contributed by atoms with Crippen molar-refractivity contribution in [2.75, 3.05) is 0 Å². The number of imidazole rings is 1. The molecule has 0 aliphatic rings. The normalized spacial score (nSPS) is 11.2. The Balaban J connectivity index is 2.19. The molecular weight excluding hydrogens is 248 g/mol. The first-order valence-corrected chi connectivity index (χ1v) is 5.71. The summed E-state index contributed by atoms with van der Waals surface area (Å²) >= 11 is 0. The number of hydrogen-bond donors (Lipinski definition) is 1. The predicted molar refractivity (Wildman–Crippen MR) is 64.4 cm³/mol. The Morgan fingerprint density at radius 1 is 1.37 bits per heavy atom. The van der Waals surface area contributed by atoms with E-state index in [1.807, 2.05) is 24.3 Å². The summed E-state index contributed by atoms with van der Waals surface area (Å²) in [6, 6.07) is 7.31. The summed E-state index contributed by atoms with van der Waals surface area (Å²) in [7, 11) is 0. The molecule has 1 aromatic carbocycles. The number of nitrogens with zero attached hydrogens (tertiary/aromatic N) is 3. The first kappa shape index (κ1) is 11.4. The summed E-state index contributed by atoms with van der Waals surface area (Å²) in [5.74, 6) is -0.875. The molecule has 0 amide bonds. The van der Waals surface area contributed by atoms with Gasteiger partial charge in [-0.3, -0.25) is 9.78 Å². The van der Waals surface area contributed by atoms with Gasteiger partial charge in [-0.25, -0.2) is 4.98 Å². The molecule has 0 radical (unpaired) electrons. The Morgan fingerprint density at radius 3 is 2.95 bits per heavy atom. The summed E-state index contributed by atoms with van der Waals surface area (Å²) in [4.78, 5) is 29.0. The third-order valence-corrected chi connectivity index (χ3v) is 2.81. The number of rotatable bonds is 3. The smallest absolute Gasteiger partial charge is 0.274 e. The highest BCUT2D eigenvalue weighted by molar-refractivity contribution is 5.78.